The Labute approximate surface area is 122 Å². The number of alkyl halides is 3. The molecule has 0 N–H and O–H groups in total. The number of halogens is 3. The second kappa shape index (κ2) is 6.13. The molecule has 0 bridgehead atoms. The van der Waals surface area contributed by atoms with Crippen molar-refractivity contribution in [2.75, 3.05) is 27.3 Å². The van der Waals surface area contributed by atoms with Crippen LogP contribution in [0, 0.1) is 0 Å². The summed E-state index contributed by atoms with van der Waals surface area (Å²) in [4.78, 5) is 1.49. The Morgan fingerprint density at radius 3 is 2.33 bits per heavy atom. The Bertz CT molecular complexity index is 502. The van der Waals surface area contributed by atoms with Crippen molar-refractivity contribution >= 4 is 0 Å². The van der Waals surface area contributed by atoms with Crippen molar-refractivity contribution in [1.29, 1.82) is 0 Å². The van der Waals surface area contributed by atoms with Gasteiger partial charge >= 0.3 is 6.18 Å². The maximum atomic E-state index is 12.7. The highest BCUT2D eigenvalue weighted by Crippen LogP contribution is 2.40. The number of fused-ring (bicyclic) bond motifs is 1. The lowest BCUT2D eigenvalue weighted by atomic mass is 9.90. The van der Waals surface area contributed by atoms with E-state index in [0.717, 1.165) is 11.1 Å². The average Bonchev–Trinajstić information content (AvgIpc) is 2.44. The molecule has 0 radical (unpaired) electrons. The number of rotatable bonds is 4. The van der Waals surface area contributed by atoms with Gasteiger partial charge in [-0.1, -0.05) is 6.92 Å². The van der Waals surface area contributed by atoms with Crippen molar-refractivity contribution in [3.05, 3.63) is 23.3 Å². The van der Waals surface area contributed by atoms with Crippen LogP contribution in [-0.4, -0.2) is 38.4 Å². The van der Waals surface area contributed by atoms with Crippen molar-refractivity contribution in [3.63, 3.8) is 0 Å². The van der Waals surface area contributed by atoms with Gasteiger partial charge in [0.2, 0.25) is 0 Å². The molecule has 118 valence electrons. The number of nitrogens with zero attached hydrogens (tertiary/aromatic N) is 1. The third-order valence-electron chi connectivity index (χ3n) is 3.88. The first-order chi connectivity index (χ1) is 9.89. The van der Waals surface area contributed by atoms with E-state index in [1.54, 1.807) is 7.11 Å². The van der Waals surface area contributed by atoms with Gasteiger partial charge in [0.1, 0.15) is 0 Å². The third-order valence-corrected chi connectivity index (χ3v) is 3.88. The van der Waals surface area contributed by atoms with Gasteiger partial charge in [-0.15, -0.1) is 0 Å². The number of methoxy groups -OCH3 is 2. The number of benzene rings is 1. The lowest BCUT2D eigenvalue weighted by Gasteiger charge is -2.37. The van der Waals surface area contributed by atoms with Crippen LogP contribution in [0.1, 0.15) is 30.5 Å². The van der Waals surface area contributed by atoms with Crippen LogP contribution in [0.5, 0.6) is 11.5 Å². The zero-order valence-electron chi connectivity index (χ0n) is 12.5. The van der Waals surface area contributed by atoms with Crippen molar-refractivity contribution in [1.82, 2.24) is 4.90 Å². The maximum Gasteiger partial charge on any atom is 0.401 e. The molecular weight excluding hydrogens is 283 g/mol. The van der Waals surface area contributed by atoms with Crippen molar-refractivity contribution < 1.29 is 22.6 Å². The summed E-state index contributed by atoms with van der Waals surface area (Å²) in [7, 11) is 3.09. The molecule has 21 heavy (non-hydrogen) atoms. The van der Waals surface area contributed by atoms with E-state index in [4.69, 9.17) is 9.47 Å². The van der Waals surface area contributed by atoms with Crippen molar-refractivity contribution in [2.24, 2.45) is 0 Å². The van der Waals surface area contributed by atoms with E-state index in [-0.39, 0.29) is 6.04 Å². The SMILES string of the molecule is CCC1c2cc(OC)c(OC)cc2CCN1CC(F)(F)F. The first kappa shape index (κ1) is 15.9. The molecule has 3 nitrogen and oxygen atoms in total. The van der Waals surface area contributed by atoms with Crippen LogP contribution in [0.4, 0.5) is 13.2 Å². The molecule has 1 aromatic carbocycles. The highest BCUT2D eigenvalue weighted by molar-refractivity contribution is 5.49. The molecule has 0 saturated heterocycles. The van der Waals surface area contributed by atoms with Gasteiger partial charge in [-0.05, 0) is 36.1 Å². The maximum absolute atomic E-state index is 12.7. The molecule has 0 spiro atoms. The van der Waals surface area contributed by atoms with E-state index >= 15 is 0 Å². The van der Waals surface area contributed by atoms with Gasteiger partial charge in [0.05, 0.1) is 20.8 Å². The molecule has 0 saturated carbocycles. The van der Waals surface area contributed by atoms with Crippen molar-refractivity contribution in [2.45, 2.75) is 32.0 Å². The van der Waals surface area contributed by atoms with Crippen molar-refractivity contribution in [3.8, 4) is 11.5 Å². The van der Waals surface area contributed by atoms with Crippen LogP contribution in [0.3, 0.4) is 0 Å². The van der Waals surface area contributed by atoms with E-state index in [1.807, 2.05) is 19.1 Å². The van der Waals surface area contributed by atoms with Gasteiger partial charge in [-0.3, -0.25) is 4.90 Å². The van der Waals surface area contributed by atoms with Crippen LogP contribution in [0.25, 0.3) is 0 Å². The molecule has 0 amide bonds. The smallest absolute Gasteiger partial charge is 0.401 e. The zero-order valence-corrected chi connectivity index (χ0v) is 12.5. The molecule has 1 aromatic rings. The molecule has 6 heteroatoms. The summed E-state index contributed by atoms with van der Waals surface area (Å²) in [5.74, 6) is 1.18. The summed E-state index contributed by atoms with van der Waals surface area (Å²) in [6.07, 6.45) is -2.97. The van der Waals surface area contributed by atoms with Crippen LogP contribution in [0.15, 0.2) is 12.1 Å². The number of ether oxygens (including phenoxy) is 2. The van der Waals surface area contributed by atoms with Crippen LogP contribution >= 0.6 is 0 Å². The molecule has 1 aliphatic rings. The molecule has 0 aromatic heterocycles. The lowest BCUT2D eigenvalue weighted by Crippen LogP contribution is -2.41. The van der Waals surface area contributed by atoms with Crippen LogP contribution in [0.2, 0.25) is 0 Å². The first-order valence-electron chi connectivity index (χ1n) is 6.95. The predicted octanol–water partition coefficient (Wildman–Crippen LogP) is 3.58. The third kappa shape index (κ3) is 3.43. The minimum Gasteiger partial charge on any atom is -0.493 e. The Hall–Kier alpha value is -1.43. The molecule has 1 atom stereocenters. The predicted molar refractivity (Wildman–Crippen MR) is 73.9 cm³/mol. The largest absolute Gasteiger partial charge is 0.493 e. The van der Waals surface area contributed by atoms with Crippen LogP contribution in [-0.2, 0) is 6.42 Å². The second-order valence-electron chi connectivity index (χ2n) is 5.17. The van der Waals surface area contributed by atoms with E-state index in [0.29, 0.717) is 30.9 Å². The fraction of sp³-hybridized carbons (Fsp3) is 0.600. The summed E-state index contributed by atoms with van der Waals surface area (Å²) >= 11 is 0. The summed E-state index contributed by atoms with van der Waals surface area (Å²) in [6.45, 7) is 1.43. The minimum absolute atomic E-state index is 0.241. The average molecular weight is 303 g/mol. The second-order valence-corrected chi connectivity index (χ2v) is 5.17. The Balaban J connectivity index is 2.37. The molecule has 1 heterocycles. The number of hydrogen-bond donors (Lipinski definition) is 0. The Morgan fingerprint density at radius 2 is 1.81 bits per heavy atom. The molecule has 1 aliphatic heterocycles. The zero-order chi connectivity index (χ0) is 15.6. The van der Waals surface area contributed by atoms with Gasteiger partial charge in [-0.2, -0.15) is 13.2 Å². The molecule has 1 unspecified atom stereocenters. The number of hydrogen-bond acceptors (Lipinski definition) is 3. The fourth-order valence-electron chi connectivity index (χ4n) is 2.98. The van der Waals surface area contributed by atoms with E-state index < -0.39 is 12.7 Å². The molecular formula is C15H20F3NO2. The van der Waals surface area contributed by atoms with Gasteiger partial charge in [0.15, 0.2) is 11.5 Å². The monoisotopic (exact) mass is 303 g/mol. The summed E-state index contributed by atoms with van der Waals surface area (Å²) in [6, 6.07) is 3.45. The Kier molecular flexibility index (Phi) is 4.66. The standard InChI is InChI=1S/C15H20F3NO2/c1-4-12-11-8-14(21-3)13(20-2)7-10(11)5-6-19(12)9-15(16,17)18/h7-8,12H,4-6,9H2,1-3H3. The fourth-order valence-corrected chi connectivity index (χ4v) is 2.98. The van der Waals surface area contributed by atoms with E-state index in [9.17, 15) is 13.2 Å². The lowest BCUT2D eigenvalue weighted by molar-refractivity contribution is -0.152. The van der Waals surface area contributed by atoms with Gasteiger partial charge in [0, 0.05) is 12.6 Å². The van der Waals surface area contributed by atoms with Crippen LogP contribution < -0.4 is 9.47 Å². The van der Waals surface area contributed by atoms with Gasteiger partial charge < -0.3 is 9.47 Å². The summed E-state index contributed by atoms with van der Waals surface area (Å²) in [5, 5.41) is 0. The van der Waals surface area contributed by atoms with Gasteiger partial charge in [-0.25, -0.2) is 0 Å². The summed E-state index contributed by atoms with van der Waals surface area (Å²) < 4.78 is 48.6. The topological polar surface area (TPSA) is 21.7 Å². The molecule has 0 aliphatic carbocycles. The quantitative estimate of drug-likeness (QED) is 0.848. The first-order valence-corrected chi connectivity index (χ1v) is 6.95. The highest BCUT2D eigenvalue weighted by Gasteiger charge is 2.36. The summed E-state index contributed by atoms with van der Waals surface area (Å²) in [5.41, 5.74) is 1.95. The highest BCUT2D eigenvalue weighted by atomic mass is 19.4. The minimum atomic E-state index is -4.18. The van der Waals surface area contributed by atoms with E-state index in [1.165, 1.54) is 12.0 Å². The normalized spacial score (nSPS) is 19.2. The van der Waals surface area contributed by atoms with E-state index in [2.05, 4.69) is 0 Å². The molecule has 0 fully saturated rings. The Morgan fingerprint density at radius 1 is 1.19 bits per heavy atom. The van der Waals surface area contributed by atoms with Gasteiger partial charge in [0.25, 0.3) is 0 Å². The molecule has 2 rings (SSSR count).